The van der Waals surface area contributed by atoms with E-state index in [0.29, 0.717) is 5.57 Å². The number of amides is 1. The fraction of sp³-hybridized carbons (Fsp3) is 0.583. The Morgan fingerprint density at radius 1 is 1.33 bits per heavy atom. The number of allylic oxidation sites excluding steroid dienone is 1. The first-order valence-corrected chi connectivity index (χ1v) is 5.73. The Hall–Kier alpha value is -1.85. The van der Waals surface area contributed by atoms with Gasteiger partial charge in [-0.2, -0.15) is 0 Å². The lowest BCUT2D eigenvalue weighted by Crippen LogP contribution is -2.43. The van der Waals surface area contributed by atoms with Gasteiger partial charge in [-0.1, -0.05) is 6.08 Å². The minimum absolute atomic E-state index is 0.0512. The van der Waals surface area contributed by atoms with E-state index in [-0.39, 0.29) is 18.7 Å². The number of nitrogens with one attached hydrogen (secondary N) is 1. The lowest BCUT2D eigenvalue weighted by atomic mass is 9.98. The lowest BCUT2D eigenvalue weighted by Gasteiger charge is -2.19. The van der Waals surface area contributed by atoms with E-state index < -0.39 is 18.0 Å². The van der Waals surface area contributed by atoms with Gasteiger partial charge in [-0.25, -0.2) is 4.79 Å². The Kier molecular flexibility index (Phi) is 5.35. The van der Waals surface area contributed by atoms with Crippen LogP contribution >= 0.6 is 0 Å². The van der Waals surface area contributed by atoms with Crippen molar-refractivity contribution in [2.45, 2.75) is 31.7 Å². The third-order valence-electron chi connectivity index (χ3n) is 2.75. The number of rotatable bonds is 6. The number of methoxy groups -OCH3 is 2. The van der Waals surface area contributed by atoms with Crippen molar-refractivity contribution in [3.63, 3.8) is 0 Å². The smallest absolute Gasteiger partial charge is 0.328 e. The van der Waals surface area contributed by atoms with E-state index in [0.717, 1.165) is 12.8 Å². The third-order valence-corrected chi connectivity index (χ3v) is 2.75. The average Bonchev–Trinajstić information content (AvgIpc) is 2.30. The summed E-state index contributed by atoms with van der Waals surface area (Å²) in [5.41, 5.74) is 0.668. The highest BCUT2D eigenvalue weighted by Crippen LogP contribution is 2.18. The molecular formula is C12H17NO5. The topological polar surface area (TPSA) is 81.7 Å². The van der Waals surface area contributed by atoms with Crippen molar-refractivity contribution in [2.24, 2.45) is 0 Å². The number of esters is 2. The Bertz CT molecular complexity index is 375. The van der Waals surface area contributed by atoms with Gasteiger partial charge in [0.2, 0.25) is 5.91 Å². The van der Waals surface area contributed by atoms with E-state index in [9.17, 15) is 14.4 Å². The summed E-state index contributed by atoms with van der Waals surface area (Å²) in [6.45, 7) is 0. The molecular weight excluding hydrogens is 238 g/mol. The molecule has 100 valence electrons. The zero-order chi connectivity index (χ0) is 13.5. The number of carbonyl (C=O) groups is 3. The predicted octanol–water partition coefficient (Wildman–Crippen LogP) is 0.318. The number of ether oxygens (including phenoxy) is 2. The Balaban J connectivity index is 2.52. The van der Waals surface area contributed by atoms with E-state index in [2.05, 4.69) is 14.8 Å². The molecule has 0 aromatic rings. The van der Waals surface area contributed by atoms with E-state index in [1.165, 1.54) is 14.2 Å². The molecule has 0 fully saturated rings. The second-order valence-electron chi connectivity index (χ2n) is 3.93. The van der Waals surface area contributed by atoms with Crippen molar-refractivity contribution >= 4 is 17.8 Å². The minimum atomic E-state index is -0.817. The molecule has 0 saturated carbocycles. The summed E-state index contributed by atoms with van der Waals surface area (Å²) >= 11 is 0. The van der Waals surface area contributed by atoms with Crippen molar-refractivity contribution in [3.8, 4) is 0 Å². The Labute approximate surface area is 105 Å². The highest BCUT2D eigenvalue weighted by molar-refractivity contribution is 5.97. The highest BCUT2D eigenvalue weighted by atomic mass is 16.5. The van der Waals surface area contributed by atoms with Gasteiger partial charge in [0, 0.05) is 12.0 Å². The van der Waals surface area contributed by atoms with Crippen LogP contribution in [0.1, 0.15) is 25.7 Å². The zero-order valence-electron chi connectivity index (χ0n) is 10.5. The minimum Gasteiger partial charge on any atom is -0.469 e. The van der Waals surface area contributed by atoms with Crippen LogP contribution in [0.2, 0.25) is 0 Å². The van der Waals surface area contributed by atoms with E-state index in [1.54, 1.807) is 0 Å². The molecule has 1 aliphatic rings. The summed E-state index contributed by atoms with van der Waals surface area (Å²) in [6.07, 6.45) is 3.63. The van der Waals surface area contributed by atoms with Crippen molar-refractivity contribution < 1.29 is 23.9 Å². The second kappa shape index (κ2) is 6.78. The van der Waals surface area contributed by atoms with Crippen LogP contribution in [0, 0.1) is 0 Å². The SMILES string of the molecule is COC(=O)CC[C@H](NC(=O)C1=CCC1)C(=O)OC. The normalized spacial score (nSPS) is 14.9. The maximum absolute atomic E-state index is 11.7. The monoisotopic (exact) mass is 255 g/mol. The average molecular weight is 255 g/mol. The molecule has 0 unspecified atom stereocenters. The standard InChI is InChI=1S/C12H17NO5/c1-17-10(14)7-6-9(12(16)18-2)13-11(15)8-4-3-5-8/h4,9H,3,5-7H2,1-2H3,(H,13,15)/t9-/m0/s1. The summed E-state index contributed by atoms with van der Waals surface area (Å²) in [6, 6.07) is -0.817. The molecule has 1 atom stereocenters. The van der Waals surface area contributed by atoms with Crippen LogP contribution < -0.4 is 5.32 Å². The van der Waals surface area contributed by atoms with Gasteiger partial charge < -0.3 is 14.8 Å². The van der Waals surface area contributed by atoms with E-state index in [1.807, 2.05) is 6.08 Å². The number of carbonyl (C=O) groups excluding carboxylic acids is 3. The molecule has 0 aromatic carbocycles. The maximum atomic E-state index is 11.7. The largest absolute Gasteiger partial charge is 0.469 e. The van der Waals surface area contributed by atoms with E-state index in [4.69, 9.17) is 0 Å². The molecule has 1 N–H and O–H groups in total. The number of hydrogen-bond donors (Lipinski definition) is 1. The first-order valence-electron chi connectivity index (χ1n) is 5.73. The van der Waals surface area contributed by atoms with Gasteiger partial charge in [-0.05, 0) is 19.3 Å². The molecule has 1 aliphatic carbocycles. The summed E-state index contributed by atoms with van der Waals surface area (Å²) in [7, 11) is 2.51. The van der Waals surface area contributed by atoms with Crippen LogP contribution in [0.25, 0.3) is 0 Å². The van der Waals surface area contributed by atoms with Gasteiger partial charge in [0.25, 0.3) is 0 Å². The summed E-state index contributed by atoms with van der Waals surface area (Å²) in [5, 5.41) is 2.56. The van der Waals surface area contributed by atoms with Gasteiger partial charge in [0.15, 0.2) is 0 Å². The molecule has 6 heteroatoms. The molecule has 6 nitrogen and oxygen atoms in total. The van der Waals surface area contributed by atoms with Crippen LogP contribution in [0.15, 0.2) is 11.6 Å². The molecule has 0 aliphatic heterocycles. The molecule has 18 heavy (non-hydrogen) atoms. The third kappa shape index (κ3) is 3.87. The molecule has 0 aromatic heterocycles. The number of hydrogen-bond acceptors (Lipinski definition) is 5. The van der Waals surface area contributed by atoms with Gasteiger partial charge >= 0.3 is 11.9 Å². The van der Waals surface area contributed by atoms with Gasteiger partial charge in [-0.3, -0.25) is 9.59 Å². The summed E-state index contributed by atoms with van der Waals surface area (Å²) < 4.78 is 9.07. The molecule has 0 bridgehead atoms. The molecule has 0 heterocycles. The van der Waals surface area contributed by atoms with Gasteiger partial charge in [0.05, 0.1) is 14.2 Å². The lowest BCUT2D eigenvalue weighted by molar-refractivity contribution is -0.146. The van der Waals surface area contributed by atoms with Crippen LogP contribution in [0.4, 0.5) is 0 Å². The molecule has 1 amide bonds. The fourth-order valence-electron chi connectivity index (χ4n) is 1.50. The first-order chi connectivity index (χ1) is 8.58. The van der Waals surface area contributed by atoms with Crippen LogP contribution in [-0.2, 0) is 23.9 Å². The second-order valence-corrected chi connectivity index (χ2v) is 3.93. The summed E-state index contributed by atoms with van der Waals surface area (Å²) in [5.74, 6) is -1.27. The van der Waals surface area contributed by atoms with Crippen molar-refractivity contribution in [1.29, 1.82) is 0 Å². The quantitative estimate of drug-likeness (QED) is 0.691. The Morgan fingerprint density at radius 3 is 2.44 bits per heavy atom. The molecule has 0 saturated heterocycles. The van der Waals surface area contributed by atoms with Gasteiger partial charge in [0.1, 0.15) is 6.04 Å². The van der Waals surface area contributed by atoms with Crippen LogP contribution in [0.5, 0.6) is 0 Å². The van der Waals surface area contributed by atoms with Crippen LogP contribution in [-0.4, -0.2) is 38.1 Å². The van der Waals surface area contributed by atoms with Crippen molar-refractivity contribution in [2.75, 3.05) is 14.2 Å². The van der Waals surface area contributed by atoms with Crippen molar-refractivity contribution in [3.05, 3.63) is 11.6 Å². The summed E-state index contributed by atoms with van der Waals surface area (Å²) in [4.78, 5) is 34.2. The predicted molar refractivity (Wildman–Crippen MR) is 62.5 cm³/mol. The Morgan fingerprint density at radius 2 is 2.00 bits per heavy atom. The van der Waals surface area contributed by atoms with Crippen LogP contribution in [0.3, 0.4) is 0 Å². The first kappa shape index (κ1) is 14.2. The highest BCUT2D eigenvalue weighted by Gasteiger charge is 2.25. The molecule has 0 radical (unpaired) electrons. The zero-order valence-corrected chi connectivity index (χ0v) is 10.5. The molecule has 1 rings (SSSR count). The van der Waals surface area contributed by atoms with Crippen molar-refractivity contribution in [1.82, 2.24) is 5.32 Å². The molecule has 0 spiro atoms. The van der Waals surface area contributed by atoms with E-state index >= 15 is 0 Å². The van der Waals surface area contributed by atoms with Gasteiger partial charge in [-0.15, -0.1) is 0 Å². The maximum Gasteiger partial charge on any atom is 0.328 e. The fourth-order valence-corrected chi connectivity index (χ4v) is 1.50.